The van der Waals surface area contributed by atoms with Crippen molar-refractivity contribution in [1.82, 2.24) is 10.2 Å². The van der Waals surface area contributed by atoms with Crippen LogP contribution >= 0.6 is 0 Å². The fourth-order valence-electron chi connectivity index (χ4n) is 2.41. The van der Waals surface area contributed by atoms with Gasteiger partial charge in [-0.05, 0) is 31.4 Å². The Morgan fingerprint density at radius 2 is 2.45 bits per heavy atom. The molecule has 1 aromatic rings. The zero-order chi connectivity index (χ0) is 14.2. The molecule has 0 aliphatic carbocycles. The zero-order valence-corrected chi connectivity index (χ0v) is 12.1. The molecular formula is C15H24N2O3. The van der Waals surface area contributed by atoms with Gasteiger partial charge in [0.2, 0.25) is 5.91 Å². The van der Waals surface area contributed by atoms with E-state index >= 15 is 0 Å². The first-order valence-electron chi connectivity index (χ1n) is 7.41. The van der Waals surface area contributed by atoms with E-state index in [-0.39, 0.29) is 12.0 Å². The Labute approximate surface area is 120 Å². The van der Waals surface area contributed by atoms with Crippen molar-refractivity contribution in [3.05, 3.63) is 24.2 Å². The molecular weight excluding hydrogens is 256 g/mol. The monoisotopic (exact) mass is 280 g/mol. The lowest BCUT2D eigenvalue weighted by Gasteiger charge is -2.23. The number of furan rings is 1. The van der Waals surface area contributed by atoms with Crippen LogP contribution in [0.4, 0.5) is 0 Å². The minimum atomic E-state index is 0.0661. The summed E-state index contributed by atoms with van der Waals surface area (Å²) in [6.45, 7) is 5.43. The van der Waals surface area contributed by atoms with Crippen LogP contribution in [0, 0.1) is 0 Å². The minimum absolute atomic E-state index is 0.0661. The number of nitrogens with one attached hydrogen (secondary N) is 1. The normalized spacial score (nSPS) is 18.6. The number of hydrogen-bond donors (Lipinski definition) is 1. The molecule has 1 fully saturated rings. The van der Waals surface area contributed by atoms with E-state index in [0.29, 0.717) is 13.1 Å². The van der Waals surface area contributed by atoms with Crippen molar-refractivity contribution in [3.8, 4) is 0 Å². The standard InChI is InChI=1S/C15H24N2O3/c1-2-7-16-15(18)12-17(10-13-5-3-8-19-13)11-14-6-4-9-20-14/h3,5,8,14H,2,4,6-7,9-12H2,1H3,(H,16,18). The van der Waals surface area contributed by atoms with Crippen LogP contribution in [0.2, 0.25) is 0 Å². The predicted molar refractivity (Wildman–Crippen MR) is 76.3 cm³/mol. The van der Waals surface area contributed by atoms with Crippen molar-refractivity contribution >= 4 is 5.91 Å². The molecule has 1 N–H and O–H groups in total. The van der Waals surface area contributed by atoms with Crippen molar-refractivity contribution in [1.29, 1.82) is 0 Å². The van der Waals surface area contributed by atoms with Gasteiger partial charge in [-0.15, -0.1) is 0 Å². The van der Waals surface area contributed by atoms with E-state index < -0.39 is 0 Å². The fraction of sp³-hybridized carbons (Fsp3) is 0.667. The second-order valence-electron chi connectivity index (χ2n) is 5.23. The van der Waals surface area contributed by atoms with Crippen LogP contribution in [-0.4, -0.2) is 43.2 Å². The fourth-order valence-corrected chi connectivity index (χ4v) is 2.41. The van der Waals surface area contributed by atoms with Crippen molar-refractivity contribution in [2.24, 2.45) is 0 Å². The van der Waals surface area contributed by atoms with Gasteiger partial charge in [0.05, 0.1) is 25.5 Å². The molecule has 1 amide bonds. The van der Waals surface area contributed by atoms with Crippen molar-refractivity contribution in [3.63, 3.8) is 0 Å². The second kappa shape index (κ2) is 8.07. The zero-order valence-electron chi connectivity index (χ0n) is 12.1. The Morgan fingerprint density at radius 3 is 3.10 bits per heavy atom. The molecule has 5 nitrogen and oxygen atoms in total. The van der Waals surface area contributed by atoms with E-state index in [0.717, 1.165) is 44.7 Å². The van der Waals surface area contributed by atoms with Crippen molar-refractivity contribution in [2.75, 3.05) is 26.2 Å². The number of nitrogens with zero attached hydrogens (tertiary/aromatic N) is 1. The van der Waals surface area contributed by atoms with E-state index in [1.54, 1.807) is 6.26 Å². The summed E-state index contributed by atoms with van der Waals surface area (Å²) in [7, 11) is 0. The highest BCUT2D eigenvalue weighted by Gasteiger charge is 2.21. The maximum absolute atomic E-state index is 11.9. The summed E-state index contributed by atoms with van der Waals surface area (Å²) >= 11 is 0. The van der Waals surface area contributed by atoms with Gasteiger partial charge in [0.25, 0.3) is 0 Å². The van der Waals surface area contributed by atoms with Gasteiger partial charge < -0.3 is 14.5 Å². The van der Waals surface area contributed by atoms with Crippen LogP contribution in [0.25, 0.3) is 0 Å². The summed E-state index contributed by atoms with van der Waals surface area (Å²) in [6.07, 6.45) is 5.04. The first-order chi connectivity index (χ1) is 9.78. The second-order valence-corrected chi connectivity index (χ2v) is 5.23. The summed E-state index contributed by atoms with van der Waals surface area (Å²) in [5, 5.41) is 2.92. The first kappa shape index (κ1) is 15.1. The maximum Gasteiger partial charge on any atom is 0.234 e. The van der Waals surface area contributed by atoms with Crippen molar-refractivity contribution < 1.29 is 13.9 Å². The molecule has 0 saturated carbocycles. The molecule has 0 aromatic carbocycles. The molecule has 0 spiro atoms. The maximum atomic E-state index is 11.9. The van der Waals surface area contributed by atoms with Gasteiger partial charge in [0, 0.05) is 19.7 Å². The van der Waals surface area contributed by atoms with Gasteiger partial charge in [-0.3, -0.25) is 9.69 Å². The smallest absolute Gasteiger partial charge is 0.234 e. The summed E-state index contributed by atoms with van der Waals surface area (Å²) in [5.74, 6) is 0.947. The molecule has 0 bridgehead atoms. The van der Waals surface area contributed by atoms with Crippen LogP contribution < -0.4 is 5.32 Å². The van der Waals surface area contributed by atoms with Gasteiger partial charge in [-0.25, -0.2) is 0 Å². The van der Waals surface area contributed by atoms with Crippen LogP contribution in [0.15, 0.2) is 22.8 Å². The number of ether oxygens (including phenoxy) is 1. The van der Waals surface area contributed by atoms with Gasteiger partial charge >= 0.3 is 0 Å². The third kappa shape index (κ3) is 4.98. The lowest BCUT2D eigenvalue weighted by Crippen LogP contribution is -2.40. The molecule has 5 heteroatoms. The molecule has 1 atom stereocenters. The van der Waals surface area contributed by atoms with Crippen LogP contribution in [0.3, 0.4) is 0 Å². The third-order valence-corrected chi connectivity index (χ3v) is 3.38. The van der Waals surface area contributed by atoms with Gasteiger partial charge in [-0.1, -0.05) is 6.92 Å². The summed E-state index contributed by atoms with van der Waals surface area (Å²) < 4.78 is 11.0. The molecule has 1 aromatic heterocycles. The average molecular weight is 280 g/mol. The number of rotatable bonds is 8. The number of carbonyl (C=O) groups is 1. The summed E-state index contributed by atoms with van der Waals surface area (Å²) in [5.41, 5.74) is 0. The third-order valence-electron chi connectivity index (χ3n) is 3.38. The summed E-state index contributed by atoms with van der Waals surface area (Å²) in [6, 6.07) is 3.81. The lowest BCUT2D eigenvalue weighted by atomic mass is 10.2. The Hall–Kier alpha value is -1.33. The lowest BCUT2D eigenvalue weighted by molar-refractivity contribution is -0.122. The van der Waals surface area contributed by atoms with Crippen LogP contribution in [0.1, 0.15) is 31.9 Å². The SMILES string of the molecule is CCCNC(=O)CN(Cc1ccco1)CC1CCCO1. The number of carbonyl (C=O) groups excluding carboxylic acids is 1. The van der Waals surface area contributed by atoms with E-state index in [2.05, 4.69) is 10.2 Å². The minimum Gasteiger partial charge on any atom is -0.468 e. The van der Waals surface area contributed by atoms with Gasteiger partial charge in [0.1, 0.15) is 5.76 Å². The van der Waals surface area contributed by atoms with Gasteiger partial charge in [0.15, 0.2) is 0 Å². The molecule has 1 unspecified atom stereocenters. The Balaban J connectivity index is 1.86. The molecule has 112 valence electrons. The van der Waals surface area contributed by atoms with Crippen molar-refractivity contribution in [2.45, 2.75) is 38.8 Å². The highest BCUT2D eigenvalue weighted by Crippen LogP contribution is 2.15. The van der Waals surface area contributed by atoms with Crippen LogP contribution in [0.5, 0.6) is 0 Å². The molecule has 2 heterocycles. The highest BCUT2D eigenvalue weighted by atomic mass is 16.5. The Morgan fingerprint density at radius 1 is 1.55 bits per heavy atom. The first-order valence-corrected chi connectivity index (χ1v) is 7.41. The Kier molecular flexibility index (Phi) is 6.08. The number of hydrogen-bond acceptors (Lipinski definition) is 4. The van der Waals surface area contributed by atoms with E-state index in [9.17, 15) is 4.79 Å². The topological polar surface area (TPSA) is 54.7 Å². The molecule has 1 aliphatic heterocycles. The van der Waals surface area contributed by atoms with Crippen LogP contribution in [-0.2, 0) is 16.1 Å². The molecule has 0 radical (unpaired) electrons. The van der Waals surface area contributed by atoms with E-state index in [1.807, 2.05) is 19.1 Å². The summed E-state index contributed by atoms with van der Waals surface area (Å²) in [4.78, 5) is 14.0. The largest absolute Gasteiger partial charge is 0.468 e. The molecule has 1 saturated heterocycles. The molecule has 1 aliphatic rings. The quantitative estimate of drug-likeness (QED) is 0.789. The van der Waals surface area contributed by atoms with Gasteiger partial charge in [-0.2, -0.15) is 0 Å². The average Bonchev–Trinajstić information content (AvgIpc) is 3.09. The highest BCUT2D eigenvalue weighted by molar-refractivity contribution is 5.77. The number of amides is 1. The van der Waals surface area contributed by atoms with E-state index in [4.69, 9.17) is 9.15 Å². The Bertz CT molecular complexity index is 386. The van der Waals surface area contributed by atoms with E-state index in [1.165, 1.54) is 0 Å². The molecule has 20 heavy (non-hydrogen) atoms. The molecule has 2 rings (SSSR count). The predicted octanol–water partition coefficient (Wildman–Crippen LogP) is 1.79.